The van der Waals surface area contributed by atoms with E-state index in [0.29, 0.717) is 5.13 Å². The van der Waals surface area contributed by atoms with E-state index in [1.54, 1.807) is 36.4 Å². The van der Waals surface area contributed by atoms with E-state index >= 15 is 0 Å². The van der Waals surface area contributed by atoms with Crippen LogP contribution in [0.3, 0.4) is 0 Å². The molecule has 4 aromatic rings. The molecule has 0 atom stereocenters. The van der Waals surface area contributed by atoms with Gasteiger partial charge >= 0.3 is 0 Å². The fourth-order valence-electron chi connectivity index (χ4n) is 3.67. The van der Waals surface area contributed by atoms with Gasteiger partial charge in [-0.3, -0.25) is 14.8 Å². The molecule has 1 aliphatic rings. The number of para-hydroxylation sites is 1. The van der Waals surface area contributed by atoms with E-state index in [0.717, 1.165) is 28.1 Å². The van der Waals surface area contributed by atoms with Gasteiger partial charge in [-0.05, 0) is 36.8 Å². The van der Waals surface area contributed by atoms with Gasteiger partial charge in [0.15, 0.2) is 5.13 Å². The lowest BCUT2D eigenvalue weighted by molar-refractivity contribution is 0.102. The SMILES string of the molecule is Cc1ccc(S(=O)(=O)Nc2ccccc2C(=O)Nc2nc3c(s2)Cc2ccccc2-3)cc1. The zero-order chi connectivity index (χ0) is 22.3. The molecule has 0 radical (unpaired) electrons. The van der Waals surface area contributed by atoms with E-state index in [4.69, 9.17) is 0 Å². The average molecular weight is 462 g/mol. The summed E-state index contributed by atoms with van der Waals surface area (Å²) in [5.74, 6) is -0.423. The van der Waals surface area contributed by atoms with Crippen molar-refractivity contribution in [2.75, 3.05) is 10.0 Å². The van der Waals surface area contributed by atoms with Crippen molar-refractivity contribution >= 4 is 38.1 Å². The van der Waals surface area contributed by atoms with Crippen LogP contribution in [0.25, 0.3) is 11.3 Å². The number of carbonyl (C=O) groups excluding carboxylic acids is 1. The second-order valence-electron chi connectivity index (χ2n) is 7.54. The van der Waals surface area contributed by atoms with Crippen molar-refractivity contribution < 1.29 is 13.2 Å². The number of benzene rings is 3. The Morgan fingerprint density at radius 3 is 2.50 bits per heavy atom. The summed E-state index contributed by atoms with van der Waals surface area (Å²) in [5, 5.41) is 3.32. The number of anilines is 2. The average Bonchev–Trinajstić information content (AvgIpc) is 3.31. The van der Waals surface area contributed by atoms with Gasteiger partial charge in [0.2, 0.25) is 0 Å². The minimum absolute atomic E-state index is 0.133. The van der Waals surface area contributed by atoms with Crippen LogP contribution in [0.4, 0.5) is 10.8 Å². The molecule has 0 saturated carbocycles. The molecule has 1 heterocycles. The zero-order valence-electron chi connectivity index (χ0n) is 17.1. The third kappa shape index (κ3) is 3.79. The summed E-state index contributed by atoms with van der Waals surface area (Å²) in [4.78, 5) is 18.8. The summed E-state index contributed by atoms with van der Waals surface area (Å²) >= 11 is 1.44. The summed E-state index contributed by atoms with van der Waals surface area (Å²) < 4.78 is 28.1. The first kappa shape index (κ1) is 20.4. The summed E-state index contributed by atoms with van der Waals surface area (Å²) in [7, 11) is -3.83. The maximum absolute atomic E-state index is 13.0. The first-order valence-corrected chi connectivity index (χ1v) is 12.3. The van der Waals surface area contributed by atoms with E-state index in [1.165, 1.54) is 29.0 Å². The Balaban J connectivity index is 1.39. The minimum Gasteiger partial charge on any atom is -0.298 e. The van der Waals surface area contributed by atoms with Gasteiger partial charge in [-0.15, -0.1) is 11.3 Å². The van der Waals surface area contributed by atoms with Gasteiger partial charge < -0.3 is 0 Å². The molecule has 1 aromatic heterocycles. The van der Waals surface area contributed by atoms with Crippen molar-refractivity contribution in [3.05, 3.63) is 94.4 Å². The van der Waals surface area contributed by atoms with E-state index < -0.39 is 15.9 Å². The Hall–Kier alpha value is -3.49. The number of aryl methyl sites for hydroxylation is 1. The number of nitrogens with one attached hydrogen (secondary N) is 2. The van der Waals surface area contributed by atoms with Crippen molar-refractivity contribution in [1.29, 1.82) is 0 Å². The molecule has 1 aliphatic carbocycles. The number of amides is 1. The maximum atomic E-state index is 13.0. The number of aromatic nitrogens is 1. The lowest BCUT2D eigenvalue weighted by atomic mass is 10.1. The minimum atomic E-state index is -3.83. The normalized spacial score (nSPS) is 12.2. The molecular weight excluding hydrogens is 442 g/mol. The molecule has 5 rings (SSSR count). The number of fused-ring (bicyclic) bond motifs is 3. The summed E-state index contributed by atoms with van der Waals surface area (Å²) in [6, 6.07) is 21.1. The van der Waals surface area contributed by atoms with Crippen LogP contribution in [-0.2, 0) is 16.4 Å². The van der Waals surface area contributed by atoms with Crippen molar-refractivity contribution in [2.24, 2.45) is 0 Å². The molecule has 0 unspecified atom stereocenters. The van der Waals surface area contributed by atoms with Crippen molar-refractivity contribution in [1.82, 2.24) is 4.98 Å². The lowest BCUT2D eigenvalue weighted by Gasteiger charge is -2.12. The largest absolute Gasteiger partial charge is 0.298 e. The molecule has 0 aliphatic heterocycles. The highest BCUT2D eigenvalue weighted by atomic mass is 32.2. The molecule has 3 aromatic carbocycles. The first-order chi connectivity index (χ1) is 15.4. The zero-order valence-corrected chi connectivity index (χ0v) is 18.8. The summed E-state index contributed by atoms with van der Waals surface area (Å²) in [5.41, 5.74) is 4.61. The fraction of sp³-hybridized carbons (Fsp3) is 0.0833. The highest BCUT2D eigenvalue weighted by Crippen LogP contribution is 2.41. The van der Waals surface area contributed by atoms with Gasteiger partial charge in [0.25, 0.3) is 15.9 Å². The smallest absolute Gasteiger partial charge is 0.261 e. The van der Waals surface area contributed by atoms with Crippen molar-refractivity contribution in [3.63, 3.8) is 0 Å². The quantitative estimate of drug-likeness (QED) is 0.382. The number of nitrogens with zero attached hydrogens (tertiary/aromatic N) is 1. The molecule has 32 heavy (non-hydrogen) atoms. The predicted molar refractivity (Wildman–Crippen MR) is 127 cm³/mol. The van der Waals surface area contributed by atoms with Gasteiger partial charge in [0, 0.05) is 16.9 Å². The van der Waals surface area contributed by atoms with Gasteiger partial charge in [0.1, 0.15) is 0 Å². The van der Waals surface area contributed by atoms with Gasteiger partial charge in [-0.25, -0.2) is 13.4 Å². The van der Waals surface area contributed by atoms with Crippen molar-refractivity contribution in [2.45, 2.75) is 18.2 Å². The number of hydrogen-bond acceptors (Lipinski definition) is 5. The van der Waals surface area contributed by atoms with Crippen LogP contribution in [0.1, 0.15) is 26.4 Å². The number of rotatable bonds is 5. The van der Waals surface area contributed by atoms with Crippen LogP contribution in [0.15, 0.2) is 77.7 Å². The van der Waals surface area contributed by atoms with E-state index in [2.05, 4.69) is 21.1 Å². The first-order valence-electron chi connectivity index (χ1n) is 9.98. The highest BCUT2D eigenvalue weighted by molar-refractivity contribution is 7.92. The van der Waals surface area contributed by atoms with Gasteiger partial charge in [-0.2, -0.15) is 0 Å². The molecule has 1 amide bonds. The van der Waals surface area contributed by atoms with Crippen LogP contribution in [0, 0.1) is 6.92 Å². The van der Waals surface area contributed by atoms with E-state index in [1.807, 2.05) is 25.1 Å². The fourth-order valence-corrected chi connectivity index (χ4v) is 5.74. The monoisotopic (exact) mass is 461 g/mol. The number of thiazole rings is 1. The number of sulfonamides is 1. The summed E-state index contributed by atoms with van der Waals surface area (Å²) in [6.07, 6.45) is 0.798. The number of carbonyl (C=O) groups is 1. The Bertz CT molecular complexity index is 1440. The third-order valence-corrected chi connectivity index (χ3v) is 7.64. The van der Waals surface area contributed by atoms with Crippen LogP contribution in [0.5, 0.6) is 0 Å². The molecule has 8 heteroatoms. The van der Waals surface area contributed by atoms with Crippen LogP contribution in [0.2, 0.25) is 0 Å². The van der Waals surface area contributed by atoms with Crippen LogP contribution in [-0.4, -0.2) is 19.3 Å². The standard InChI is InChI=1S/C24H19N3O3S2/c1-15-10-12-17(13-11-15)32(29,30)27-20-9-5-4-8-19(20)23(28)26-24-25-22-18-7-3-2-6-16(18)14-21(22)31-24/h2-13,27H,14H2,1H3,(H,25,26,28). The molecule has 6 nitrogen and oxygen atoms in total. The molecule has 0 spiro atoms. The molecule has 0 bridgehead atoms. The Morgan fingerprint density at radius 2 is 1.69 bits per heavy atom. The highest BCUT2D eigenvalue weighted by Gasteiger charge is 2.24. The predicted octanol–water partition coefficient (Wildman–Crippen LogP) is 5.08. The Labute approximate surface area is 190 Å². The lowest BCUT2D eigenvalue weighted by Crippen LogP contribution is -2.18. The van der Waals surface area contributed by atoms with Crippen molar-refractivity contribution in [3.8, 4) is 11.3 Å². The Kier molecular flexibility index (Phi) is 5.03. The number of hydrogen-bond donors (Lipinski definition) is 2. The van der Waals surface area contributed by atoms with E-state index in [9.17, 15) is 13.2 Å². The maximum Gasteiger partial charge on any atom is 0.261 e. The molecule has 0 saturated heterocycles. The molecule has 2 N–H and O–H groups in total. The molecule has 160 valence electrons. The second-order valence-corrected chi connectivity index (χ2v) is 10.3. The third-order valence-electron chi connectivity index (χ3n) is 5.29. The Morgan fingerprint density at radius 1 is 0.969 bits per heavy atom. The second kappa shape index (κ2) is 7.89. The van der Waals surface area contributed by atoms with Crippen LogP contribution < -0.4 is 10.0 Å². The van der Waals surface area contributed by atoms with Gasteiger partial charge in [0.05, 0.1) is 21.8 Å². The molecular formula is C24H19N3O3S2. The topological polar surface area (TPSA) is 88.2 Å². The van der Waals surface area contributed by atoms with E-state index in [-0.39, 0.29) is 16.1 Å². The summed E-state index contributed by atoms with van der Waals surface area (Å²) in [6.45, 7) is 1.89. The van der Waals surface area contributed by atoms with Gasteiger partial charge in [-0.1, -0.05) is 54.1 Å². The van der Waals surface area contributed by atoms with Crippen LogP contribution >= 0.6 is 11.3 Å². The molecule has 0 fully saturated rings.